The molecule has 0 fully saturated rings. The number of nitrogens with one attached hydrogen (secondary N) is 1. The monoisotopic (exact) mass is 501 g/mol. The Bertz CT molecular complexity index is 1140. The van der Waals surface area contributed by atoms with Gasteiger partial charge >= 0.3 is 0 Å². The molecule has 0 radical (unpaired) electrons. The molecule has 2 aromatic carbocycles. The van der Waals surface area contributed by atoms with E-state index in [-0.39, 0.29) is 29.6 Å². The molecule has 1 heterocycles. The molecule has 0 saturated heterocycles. The first-order chi connectivity index (χ1) is 15.2. The van der Waals surface area contributed by atoms with Crippen LogP contribution in [0.2, 0.25) is 0 Å². The molecule has 1 amide bonds. The third-order valence-corrected chi connectivity index (χ3v) is 5.54. The molecule has 1 aliphatic heterocycles. The maximum atomic E-state index is 12.2. The molecule has 0 aromatic heterocycles. The number of ether oxygens (including phenoxy) is 3. The molecule has 0 aliphatic carbocycles. The van der Waals surface area contributed by atoms with Crippen LogP contribution >= 0.6 is 15.9 Å². The number of carbonyl (C=O) groups excluding carboxylic acids is 1. The van der Waals surface area contributed by atoms with Crippen molar-refractivity contribution < 1.29 is 19.0 Å². The smallest absolute Gasteiger partial charge is 0.238 e. The minimum Gasteiger partial charge on any atom is -0.493 e. The number of halogens is 1. The van der Waals surface area contributed by atoms with E-state index in [4.69, 9.17) is 25.7 Å². The predicted octanol–water partition coefficient (Wildman–Crippen LogP) is 2.77. The zero-order chi connectivity index (χ0) is 23.6. The van der Waals surface area contributed by atoms with Gasteiger partial charge in [0.05, 0.1) is 42.5 Å². The number of nitrogens with zero attached hydrogens (tertiary/aromatic N) is 2. The minimum atomic E-state index is -0.561. The van der Waals surface area contributed by atoms with E-state index >= 15 is 0 Å². The third kappa shape index (κ3) is 4.30. The first kappa shape index (κ1) is 23.2. The number of amides is 1. The second-order valence-electron chi connectivity index (χ2n) is 7.39. The highest BCUT2D eigenvalue weighted by molar-refractivity contribution is 9.10. The van der Waals surface area contributed by atoms with Crippen LogP contribution < -0.4 is 31.0 Å². The standard InChI is InChI=1S/C22H24BrN5O4/c1-28(2)10-17(29)27-15-6-5-12-18(13(9-24)22(26)32-20(12)19(15)25)11-7-14(23)21(31-4)16(8-11)30-3/h5-8,18H,10,25-26H2,1-4H3,(H,27,29). The summed E-state index contributed by atoms with van der Waals surface area (Å²) in [6.45, 7) is 0.195. The van der Waals surface area contributed by atoms with Crippen LogP contribution in [0.3, 0.4) is 0 Å². The fraction of sp³-hybridized carbons (Fsp3) is 0.273. The van der Waals surface area contributed by atoms with Crippen LogP contribution in [0.25, 0.3) is 0 Å². The normalized spacial score (nSPS) is 15.0. The van der Waals surface area contributed by atoms with Gasteiger partial charge in [0.2, 0.25) is 11.8 Å². The number of nitrogens with two attached hydrogens (primary N) is 2. The first-order valence-corrected chi connectivity index (χ1v) is 10.4. The summed E-state index contributed by atoms with van der Waals surface area (Å²) in [5, 5.41) is 12.6. The number of rotatable bonds is 6. The number of nitriles is 1. The van der Waals surface area contributed by atoms with Crippen molar-refractivity contribution in [2.45, 2.75) is 5.92 Å². The quantitative estimate of drug-likeness (QED) is 0.514. The van der Waals surface area contributed by atoms with Gasteiger partial charge in [-0.25, -0.2) is 0 Å². The lowest BCUT2D eigenvalue weighted by atomic mass is 9.83. The number of methoxy groups -OCH3 is 2. The molecule has 32 heavy (non-hydrogen) atoms. The molecule has 2 aromatic rings. The van der Waals surface area contributed by atoms with Gasteiger partial charge in [-0.1, -0.05) is 6.07 Å². The lowest BCUT2D eigenvalue weighted by Gasteiger charge is -2.29. The Morgan fingerprint density at radius 3 is 2.59 bits per heavy atom. The summed E-state index contributed by atoms with van der Waals surface area (Å²) in [4.78, 5) is 13.9. The highest BCUT2D eigenvalue weighted by Gasteiger charge is 2.33. The number of anilines is 2. The number of allylic oxidation sites excluding steroid dienone is 1. The number of hydrogen-bond acceptors (Lipinski definition) is 8. The second kappa shape index (κ2) is 9.38. The third-order valence-electron chi connectivity index (χ3n) is 4.95. The van der Waals surface area contributed by atoms with Crippen LogP contribution in [0, 0.1) is 11.3 Å². The van der Waals surface area contributed by atoms with Gasteiger partial charge in [-0.05, 0) is 53.8 Å². The van der Waals surface area contributed by atoms with E-state index < -0.39 is 5.92 Å². The van der Waals surface area contributed by atoms with Gasteiger partial charge in [0.25, 0.3) is 0 Å². The molecule has 9 nitrogen and oxygen atoms in total. The van der Waals surface area contributed by atoms with Crippen LogP contribution in [-0.2, 0) is 4.79 Å². The van der Waals surface area contributed by atoms with Crippen molar-refractivity contribution in [2.24, 2.45) is 5.73 Å². The van der Waals surface area contributed by atoms with Crippen molar-refractivity contribution in [1.29, 1.82) is 5.26 Å². The fourth-order valence-electron chi connectivity index (χ4n) is 3.58. The maximum absolute atomic E-state index is 12.2. The minimum absolute atomic E-state index is 0.0561. The number of hydrogen-bond donors (Lipinski definition) is 3. The highest BCUT2D eigenvalue weighted by atomic mass is 79.9. The zero-order valence-corrected chi connectivity index (χ0v) is 19.7. The van der Waals surface area contributed by atoms with Crippen LogP contribution in [0.1, 0.15) is 17.0 Å². The van der Waals surface area contributed by atoms with Gasteiger partial charge in [0.1, 0.15) is 11.6 Å². The van der Waals surface area contributed by atoms with Crippen molar-refractivity contribution >= 4 is 33.2 Å². The van der Waals surface area contributed by atoms with Crippen LogP contribution in [0.4, 0.5) is 11.4 Å². The molecule has 0 saturated carbocycles. The van der Waals surface area contributed by atoms with Gasteiger partial charge in [0, 0.05) is 5.56 Å². The highest BCUT2D eigenvalue weighted by Crippen LogP contribution is 2.49. The van der Waals surface area contributed by atoms with Gasteiger partial charge in [0.15, 0.2) is 17.2 Å². The van der Waals surface area contributed by atoms with E-state index in [9.17, 15) is 10.1 Å². The molecular weight excluding hydrogens is 478 g/mol. The van der Waals surface area contributed by atoms with E-state index in [0.29, 0.717) is 33.0 Å². The number of fused-ring (bicyclic) bond motifs is 1. The summed E-state index contributed by atoms with van der Waals surface area (Å²) in [5.74, 6) is 0.464. The average Bonchev–Trinajstić information content (AvgIpc) is 2.74. The Kier molecular flexibility index (Phi) is 6.81. The molecule has 5 N–H and O–H groups in total. The van der Waals surface area contributed by atoms with Gasteiger partial charge < -0.3 is 35.9 Å². The molecule has 0 bridgehead atoms. The van der Waals surface area contributed by atoms with Gasteiger partial charge in [-0.2, -0.15) is 5.26 Å². The van der Waals surface area contributed by atoms with Crippen molar-refractivity contribution in [3.05, 3.63) is 51.3 Å². The molecule has 1 unspecified atom stereocenters. The van der Waals surface area contributed by atoms with Crippen LogP contribution in [0.15, 0.2) is 40.2 Å². The topological polar surface area (TPSA) is 136 Å². The molecule has 1 atom stereocenters. The van der Waals surface area contributed by atoms with Gasteiger partial charge in [-0.3, -0.25) is 4.79 Å². The summed E-state index contributed by atoms with van der Waals surface area (Å²) in [5.41, 5.74) is 14.7. The molecule has 10 heteroatoms. The Morgan fingerprint density at radius 2 is 2.00 bits per heavy atom. The maximum Gasteiger partial charge on any atom is 0.238 e. The molecular formula is C22H24BrN5O4. The van der Waals surface area contributed by atoms with E-state index in [1.54, 1.807) is 37.2 Å². The van der Waals surface area contributed by atoms with Crippen molar-refractivity contribution in [1.82, 2.24) is 4.90 Å². The second-order valence-corrected chi connectivity index (χ2v) is 8.25. The zero-order valence-electron chi connectivity index (χ0n) is 18.2. The van der Waals surface area contributed by atoms with Crippen LogP contribution in [0.5, 0.6) is 17.2 Å². The molecule has 3 rings (SSSR count). The van der Waals surface area contributed by atoms with Crippen molar-refractivity contribution in [3.8, 4) is 23.3 Å². The van der Waals surface area contributed by atoms with Crippen molar-refractivity contribution in [3.63, 3.8) is 0 Å². The van der Waals surface area contributed by atoms with Crippen molar-refractivity contribution in [2.75, 3.05) is 45.9 Å². The van der Waals surface area contributed by atoms with E-state index in [1.807, 2.05) is 6.07 Å². The Hall–Kier alpha value is -3.42. The van der Waals surface area contributed by atoms with E-state index in [0.717, 1.165) is 5.56 Å². The van der Waals surface area contributed by atoms with Gasteiger partial charge in [-0.15, -0.1) is 0 Å². The van der Waals surface area contributed by atoms with Crippen LogP contribution in [-0.4, -0.2) is 45.7 Å². The largest absolute Gasteiger partial charge is 0.493 e. The average molecular weight is 502 g/mol. The Morgan fingerprint density at radius 1 is 1.28 bits per heavy atom. The SMILES string of the molecule is COc1cc(C2C(C#N)=C(N)Oc3c2ccc(NC(=O)CN(C)C)c3N)cc(Br)c1OC. The number of nitrogen functional groups attached to an aromatic ring is 1. The summed E-state index contributed by atoms with van der Waals surface area (Å²) >= 11 is 3.49. The molecule has 168 valence electrons. The fourth-order valence-corrected chi connectivity index (χ4v) is 4.20. The Balaban J connectivity index is 2.14. The molecule has 1 aliphatic rings. The Labute approximate surface area is 194 Å². The number of carbonyl (C=O) groups is 1. The summed E-state index contributed by atoms with van der Waals surface area (Å²) in [6, 6.07) is 9.19. The molecule has 0 spiro atoms. The van der Waals surface area contributed by atoms with E-state index in [1.165, 1.54) is 14.2 Å². The summed E-state index contributed by atoms with van der Waals surface area (Å²) in [7, 11) is 6.65. The number of likely N-dealkylation sites (N-methyl/N-ethyl adjacent to an activating group) is 1. The predicted molar refractivity (Wildman–Crippen MR) is 125 cm³/mol. The van der Waals surface area contributed by atoms with E-state index in [2.05, 4.69) is 27.3 Å². The first-order valence-electron chi connectivity index (χ1n) is 9.57. The lowest BCUT2D eigenvalue weighted by Crippen LogP contribution is -2.28. The summed E-state index contributed by atoms with van der Waals surface area (Å²) < 4.78 is 17.2. The lowest BCUT2D eigenvalue weighted by molar-refractivity contribution is -0.116. The number of benzene rings is 2. The summed E-state index contributed by atoms with van der Waals surface area (Å²) in [6.07, 6.45) is 0.